The SMILES string of the molecule is COCCn1cc(NC(=O)N2CCCCC2)c2ccccc21. The number of nitrogens with one attached hydrogen (secondary N) is 1. The van der Waals surface area contributed by atoms with E-state index in [9.17, 15) is 4.79 Å². The molecule has 1 aromatic heterocycles. The molecular weight excluding hydrogens is 278 g/mol. The van der Waals surface area contributed by atoms with E-state index in [0.29, 0.717) is 6.61 Å². The Morgan fingerprint density at radius 2 is 2.00 bits per heavy atom. The van der Waals surface area contributed by atoms with Gasteiger partial charge in [-0.05, 0) is 25.3 Å². The van der Waals surface area contributed by atoms with Crippen LogP contribution in [0.1, 0.15) is 19.3 Å². The number of likely N-dealkylation sites (tertiary alicyclic amines) is 1. The third-order valence-corrected chi connectivity index (χ3v) is 4.21. The fourth-order valence-electron chi connectivity index (χ4n) is 3.01. The van der Waals surface area contributed by atoms with Crippen molar-refractivity contribution >= 4 is 22.6 Å². The smallest absolute Gasteiger partial charge is 0.321 e. The molecule has 5 heteroatoms. The first-order valence-electron chi connectivity index (χ1n) is 7.92. The molecule has 3 rings (SSSR count). The number of aromatic nitrogens is 1. The zero-order valence-electron chi connectivity index (χ0n) is 13.0. The van der Waals surface area contributed by atoms with E-state index in [1.165, 1.54) is 6.42 Å². The van der Waals surface area contributed by atoms with E-state index in [1.807, 2.05) is 29.3 Å². The molecule has 2 aromatic rings. The van der Waals surface area contributed by atoms with Gasteiger partial charge in [0.1, 0.15) is 0 Å². The first-order chi connectivity index (χ1) is 10.8. The Bertz CT molecular complexity index is 644. The quantitative estimate of drug-likeness (QED) is 0.942. The van der Waals surface area contributed by atoms with Crippen LogP contribution in [0.2, 0.25) is 0 Å². The first-order valence-corrected chi connectivity index (χ1v) is 7.92. The number of fused-ring (bicyclic) bond motifs is 1. The van der Waals surface area contributed by atoms with Gasteiger partial charge in [0.15, 0.2) is 0 Å². The van der Waals surface area contributed by atoms with E-state index in [4.69, 9.17) is 4.74 Å². The van der Waals surface area contributed by atoms with Gasteiger partial charge in [-0.15, -0.1) is 0 Å². The lowest BCUT2D eigenvalue weighted by atomic mass is 10.1. The number of anilines is 1. The minimum absolute atomic E-state index is 0.00865. The Labute approximate surface area is 130 Å². The van der Waals surface area contributed by atoms with Gasteiger partial charge in [-0.1, -0.05) is 18.2 Å². The predicted octanol–water partition coefficient (Wildman–Crippen LogP) is 3.31. The van der Waals surface area contributed by atoms with Crippen LogP contribution in [0.3, 0.4) is 0 Å². The van der Waals surface area contributed by atoms with E-state index in [2.05, 4.69) is 16.0 Å². The summed E-state index contributed by atoms with van der Waals surface area (Å²) in [4.78, 5) is 14.3. The van der Waals surface area contributed by atoms with E-state index in [0.717, 1.165) is 49.1 Å². The standard InChI is InChI=1S/C17H23N3O2/c1-22-12-11-20-13-15(14-7-3-4-8-16(14)20)18-17(21)19-9-5-2-6-10-19/h3-4,7-8,13H,2,5-6,9-12H2,1H3,(H,18,21). The van der Waals surface area contributed by atoms with E-state index < -0.39 is 0 Å². The maximum atomic E-state index is 12.4. The first kappa shape index (κ1) is 14.9. The molecule has 1 aliphatic heterocycles. The summed E-state index contributed by atoms with van der Waals surface area (Å²) in [5.41, 5.74) is 2.00. The molecule has 0 bridgehead atoms. The maximum Gasteiger partial charge on any atom is 0.321 e. The van der Waals surface area contributed by atoms with Gasteiger partial charge in [0.05, 0.1) is 17.8 Å². The van der Waals surface area contributed by atoms with E-state index in [1.54, 1.807) is 7.11 Å². The number of benzene rings is 1. The fraction of sp³-hybridized carbons (Fsp3) is 0.471. The van der Waals surface area contributed by atoms with Crippen LogP contribution in [0.5, 0.6) is 0 Å². The van der Waals surface area contributed by atoms with Crippen LogP contribution in [0.25, 0.3) is 10.9 Å². The molecule has 1 aliphatic rings. The van der Waals surface area contributed by atoms with Crippen molar-refractivity contribution in [2.45, 2.75) is 25.8 Å². The molecule has 1 fully saturated rings. The second kappa shape index (κ2) is 6.83. The third-order valence-electron chi connectivity index (χ3n) is 4.21. The van der Waals surface area contributed by atoms with Gasteiger partial charge >= 0.3 is 6.03 Å². The van der Waals surface area contributed by atoms with Crippen molar-refractivity contribution in [3.05, 3.63) is 30.5 Å². The number of carbonyl (C=O) groups excluding carboxylic acids is 1. The lowest BCUT2D eigenvalue weighted by molar-refractivity contribution is 0.188. The molecule has 0 spiro atoms. The number of urea groups is 1. The van der Waals surface area contributed by atoms with Crippen LogP contribution in [0.4, 0.5) is 10.5 Å². The molecule has 22 heavy (non-hydrogen) atoms. The molecule has 1 N–H and O–H groups in total. The average Bonchev–Trinajstić information content (AvgIpc) is 2.92. The average molecular weight is 301 g/mol. The molecule has 118 valence electrons. The summed E-state index contributed by atoms with van der Waals surface area (Å²) in [5, 5.41) is 4.15. The highest BCUT2D eigenvalue weighted by molar-refractivity contribution is 6.01. The van der Waals surface area contributed by atoms with Crippen molar-refractivity contribution in [1.82, 2.24) is 9.47 Å². The summed E-state index contributed by atoms with van der Waals surface area (Å²) in [6, 6.07) is 8.14. The number of carbonyl (C=O) groups is 1. The van der Waals surface area contributed by atoms with Crippen LogP contribution in [0, 0.1) is 0 Å². The Morgan fingerprint density at radius 1 is 1.23 bits per heavy atom. The zero-order chi connectivity index (χ0) is 15.4. The number of rotatable bonds is 4. The molecule has 0 radical (unpaired) electrons. The molecule has 2 heterocycles. The molecule has 2 amide bonds. The predicted molar refractivity (Wildman–Crippen MR) is 88.3 cm³/mol. The van der Waals surface area contributed by atoms with Crippen molar-refractivity contribution in [3.63, 3.8) is 0 Å². The Kier molecular flexibility index (Phi) is 4.63. The summed E-state index contributed by atoms with van der Waals surface area (Å²) < 4.78 is 7.29. The number of nitrogens with zero attached hydrogens (tertiary/aromatic N) is 2. The molecule has 1 saturated heterocycles. The van der Waals surface area contributed by atoms with Crippen molar-refractivity contribution < 1.29 is 9.53 Å². The van der Waals surface area contributed by atoms with Gasteiger partial charge in [0, 0.05) is 38.3 Å². The topological polar surface area (TPSA) is 46.5 Å². The number of hydrogen-bond donors (Lipinski definition) is 1. The molecule has 1 aromatic carbocycles. The van der Waals surface area contributed by atoms with Crippen LogP contribution in [0.15, 0.2) is 30.5 Å². The number of ether oxygens (including phenoxy) is 1. The highest BCUT2D eigenvalue weighted by atomic mass is 16.5. The van der Waals surface area contributed by atoms with Crippen LogP contribution >= 0.6 is 0 Å². The van der Waals surface area contributed by atoms with E-state index in [-0.39, 0.29) is 6.03 Å². The Balaban J connectivity index is 1.82. The maximum absolute atomic E-state index is 12.4. The molecule has 0 atom stereocenters. The molecule has 5 nitrogen and oxygen atoms in total. The monoisotopic (exact) mass is 301 g/mol. The minimum Gasteiger partial charge on any atom is -0.383 e. The lowest BCUT2D eigenvalue weighted by Crippen LogP contribution is -2.38. The molecule has 0 saturated carbocycles. The fourth-order valence-corrected chi connectivity index (χ4v) is 3.01. The minimum atomic E-state index is 0.00865. The van der Waals surface area contributed by atoms with E-state index >= 15 is 0 Å². The normalized spacial score (nSPS) is 15.2. The highest BCUT2D eigenvalue weighted by Gasteiger charge is 2.18. The van der Waals surface area contributed by atoms with Crippen molar-refractivity contribution in [2.75, 3.05) is 32.1 Å². The Hall–Kier alpha value is -2.01. The highest BCUT2D eigenvalue weighted by Crippen LogP contribution is 2.26. The van der Waals surface area contributed by atoms with Crippen LogP contribution < -0.4 is 5.32 Å². The van der Waals surface area contributed by atoms with Crippen molar-refractivity contribution in [2.24, 2.45) is 0 Å². The largest absolute Gasteiger partial charge is 0.383 e. The van der Waals surface area contributed by atoms with Crippen LogP contribution in [-0.4, -0.2) is 42.3 Å². The second-order valence-corrected chi connectivity index (χ2v) is 5.72. The van der Waals surface area contributed by atoms with Gasteiger partial charge in [-0.3, -0.25) is 0 Å². The van der Waals surface area contributed by atoms with Crippen molar-refractivity contribution in [3.8, 4) is 0 Å². The third kappa shape index (κ3) is 3.09. The zero-order valence-corrected chi connectivity index (χ0v) is 13.0. The number of amides is 2. The van der Waals surface area contributed by atoms with Gasteiger partial charge in [0.2, 0.25) is 0 Å². The number of methoxy groups -OCH3 is 1. The second-order valence-electron chi connectivity index (χ2n) is 5.72. The summed E-state index contributed by atoms with van der Waals surface area (Å²) >= 11 is 0. The summed E-state index contributed by atoms with van der Waals surface area (Å²) in [6.07, 6.45) is 5.43. The Morgan fingerprint density at radius 3 is 2.77 bits per heavy atom. The van der Waals surface area contributed by atoms with Gasteiger partial charge < -0.3 is 19.5 Å². The van der Waals surface area contributed by atoms with Gasteiger partial charge in [0.25, 0.3) is 0 Å². The number of hydrogen-bond acceptors (Lipinski definition) is 2. The number of para-hydroxylation sites is 1. The van der Waals surface area contributed by atoms with Crippen molar-refractivity contribution in [1.29, 1.82) is 0 Å². The van der Waals surface area contributed by atoms with Gasteiger partial charge in [-0.2, -0.15) is 0 Å². The number of piperidine rings is 1. The summed E-state index contributed by atoms with van der Waals surface area (Å²) in [7, 11) is 1.70. The summed E-state index contributed by atoms with van der Waals surface area (Å²) in [6.45, 7) is 3.14. The van der Waals surface area contributed by atoms with Gasteiger partial charge in [-0.25, -0.2) is 4.79 Å². The molecule has 0 aliphatic carbocycles. The lowest BCUT2D eigenvalue weighted by Gasteiger charge is -2.26. The molecular formula is C17H23N3O2. The molecule has 0 unspecified atom stereocenters. The summed E-state index contributed by atoms with van der Waals surface area (Å²) in [5.74, 6) is 0. The van der Waals surface area contributed by atoms with Crippen LogP contribution in [-0.2, 0) is 11.3 Å².